The first-order chi connectivity index (χ1) is 9.75. The van der Waals surface area contributed by atoms with Crippen LogP contribution in [0.2, 0.25) is 0 Å². The molecule has 0 unspecified atom stereocenters. The van der Waals surface area contributed by atoms with Crippen molar-refractivity contribution in [1.82, 2.24) is 9.88 Å². The van der Waals surface area contributed by atoms with Gasteiger partial charge in [0, 0.05) is 17.1 Å². The van der Waals surface area contributed by atoms with Crippen LogP contribution in [0.15, 0.2) is 10.2 Å². The van der Waals surface area contributed by atoms with Crippen LogP contribution in [-0.4, -0.2) is 16.5 Å². The standard InChI is InChI=1S/C16H24N2O2S/c1-10-9-21-14(20)18(10)8-13(19)17-12-7-11-5-6-16(12,4)15(11,2)3/h9,11-12H,5-8H2,1-4H3,(H,17,19)/t11-,12-,16+/m0/s1. The summed E-state index contributed by atoms with van der Waals surface area (Å²) >= 11 is 1.15. The minimum atomic E-state index is -0.0536. The van der Waals surface area contributed by atoms with Gasteiger partial charge in [0.15, 0.2) is 0 Å². The maximum Gasteiger partial charge on any atom is 0.307 e. The third kappa shape index (κ3) is 2.08. The summed E-state index contributed by atoms with van der Waals surface area (Å²) in [6.07, 6.45) is 3.54. The van der Waals surface area contributed by atoms with E-state index in [1.54, 1.807) is 9.95 Å². The van der Waals surface area contributed by atoms with Crippen molar-refractivity contribution in [3.05, 3.63) is 20.7 Å². The lowest BCUT2D eigenvalue weighted by Gasteiger charge is -2.39. The van der Waals surface area contributed by atoms with E-state index in [9.17, 15) is 9.59 Å². The van der Waals surface area contributed by atoms with Crippen LogP contribution in [0.4, 0.5) is 0 Å². The van der Waals surface area contributed by atoms with E-state index in [4.69, 9.17) is 0 Å². The minimum Gasteiger partial charge on any atom is -0.351 e. The Labute approximate surface area is 129 Å². The number of nitrogens with zero attached hydrogens (tertiary/aromatic N) is 1. The van der Waals surface area contributed by atoms with Crippen LogP contribution in [0.3, 0.4) is 0 Å². The van der Waals surface area contributed by atoms with E-state index in [1.807, 2.05) is 6.92 Å². The molecule has 1 aromatic heterocycles. The third-order valence-corrected chi connectivity index (χ3v) is 7.29. The fourth-order valence-electron chi connectivity index (χ4n) is 4.40. The molecule has 0 spiro atoms. The van der Waals surface area contributed by atoms with E-state index in [2.05, 4.69) is 26.1 Å². The summed E-state index contributed by atoms with van der Waals surface area (Å²) in [6.45, 7) is 9.00. The Balaban J connectivity index is 1.71. The second kappa shape index (κ2) is 4.70. The number of carbonyl (C=O) groups is 1. The predicted octanol–water partition coefficient (Wildman–Crippen LogP) is 2.55. The Morgan fingerprint density at radius 3 is 2.67 bits per heavy atom. The lowest BCUT2D eigenvalue weighted by atomic mass is 9.69. The number of aromatic nitrogens is 1. The normalized spacial score (nSPS) is 33.3. The number of aryl methyl sites for hydroxylation is 1. The van der Waals surface area contributed by atoms with Gasteiger partial charge in [-0.15, -0.1) is 0 Å². The van der Waals surface area contributed by atoms with Crippen molar-refractivity contribution in [3.8, 4) is 0 Å². The summed E-state index contributed by atoms with van der Waals surface area (Å²) in [6, 6.07) is 0.244. The Morgan fingerprint density at radius 2 is 2.19 bits per heavy atom. The fourth-order valence-corrected chi connectivity index (χ4v) is 5.14. The molecule has 2 aliphatic carbocycles. The van der Waals surface area contributed by atoms with Crippen LogP contribution in [0.25, 0.3) is 0 Å². The van der Waals surface area contributed by atoms with Gasteiger partial charge < -0.3 is 5.32 Å². The largest absolute Gasteiger partial charge is 0.351 e. The molecule has 4 nitrogen and oxygen atoms in total. The van der Waals surface area contributed by atoms with Crippen molar-refractivity contribution in [1.29, 1.82) is 0 Å². The number of fused-ring (bicyclic) bond motifs is 2. The highest BCUT2D eigenvalue weighted by Gasteiger charge is 2.61. The van der Waals surface area contributed by atoms with Crippen molar-refractivity contribution in [2.75, 3.05) is 0 Å². The molecule has 0 aliphatic heterocycles. The number of hydrogen-bond donors (Lipinski definition) is 1. The Morgan fingerprint density at radius 1 is 1.48 bits per heavy atom. The summed E-state index contributed by atoms with van der Waals surface area (Å²) in [5.41, 5.74) is 1.34. The van der Waals surface area contributed by atoms with Gasteiger partial charge in [-0.1, -0.05) is 32.1 Å². The molecule has 3 rings (SSSR count). The smallest absolute Gasteiger partial charge is 0.307 e. The van der Waals surface area contributed by atoms with Crippen LogP contribution in [0.5, 0.6) is 0 Å². The molecule has 1 heterocycles. The molecule has 21 heavy (non-hydrogen) atoms. The number of nitrogens with one attached hydrogen (secondary N) is 1. The quantitative estimate of drug-likeness (QED) is 0.933. The molecule has 5 heteroatoms. The van der Waals surface area contributed by atoms with Gasteiger partial charge in [0.1, 0.15) is 6.54 Å². The second-order valence-electron chi connectivity index (χ2n) is 7.46. The van der Waals surface area contributed by atoms with E-state index in [-0.39, 0.29) is 28.8 Å². The SMILES string of the molecule is Cc1csc(=O)n1CC(=O)N[C@H]1C[C@@H]2CC[C@@]1(C)C2(C)C. The maximum atomic E-state index is 12.3. The number of carbonyl (C=O) groups excluding carboxylic acids is 1. The van der Waals surface area contributed by atoms with Gasteiger partial charge in [0.05, 0.1) is 0 Å². The van der Waals surface area contributed by atoms with Gasteiger partial charge in [-0.2, -0.15) is 0 Å². The molecule has 3 atom stereocenters. The first-order valence-corrected chi connectivity index (χ1v) is 8.58. The van der Waals surface area contributed by atoms with Gasteiger partial charge in [0.25, 0.3) is 0 Å². The number of amides is 1. The molecule has 2 fully saturated rings. The van der Waals surface area contributed by atoms with Crippen molar-refractivity contribution in [3.63, 3.8) is 0 Å². The summed E-state index contributed by atoms with van der Waals surface area (Å²) < 4.78 is 1.56. The van der Waals surface area contributed by atoms with E-state index >= 15 is 0 Å². The van der Waals surface area contributed by atoms with Crippen LogP contribution in [0.1, 0.15) is 45.7 Å². The Bertz CT molecular complexity index is 630. The van der Waals surface area contributed by atoms with Gasteiger partial charge in [-0.05, 0) is 42.9 Å². The van der Waals surface area contributed by atoms with E-state index < -0.39 is 0 Å². The highest BCUT2D eigenvalue weighted by Crippen LogP contribution is 2.65. The van der Waals surface area contributed by atoms with Crippen LogP contribution < -0.4 is 10.2 Å². The summed E-state index contributed by atoms with van der Waals surface area (Å²) in [5, 5.41) is 5.01. The van der Waals surface area contributed by atoms with Crippen molar-refractivity contribution in [2.45, 2.75) is 59.5 Å². The summed E-state index contributed by atoms with van der Waals surface area (Å²) in [4.78, 5) is 24.0. The zero-order valence-electron chi connectivity index (χ0n) is 13.2. The average Bonchev–Trinajstić information content (AvgIpc) is 2.89. The Hall–Kier alpha value is -1.10. The molecule has 1 N–H and O–H groups in total. The second-order valence-corrected chi connectivity index (χ2v) is 8.28. The van der Waals surface area contributed by atoms with E-state index in [0.29, 0.717) is 11.3 Å². The minimum absolute atomic E-state index is 0.0341. The molecule has 0 radical (unpaired) electrons. The molecule has 116 valence electrons. The molecule has 2 saturated carbocycles. The molecule has 0 aromatic carbocycles. The lowest BCUT2D eigenvalue weighted by Crippen LogP contribution is -2.48. The summed E-state index contributed by atoms with van der Waals surface area (Å²) in [5.74, 6) is 0.673. The van der Waals surface area contributed by atoms with Crippen LogP contribution in [0, 0.1) is 23.7 Å². The highest BCUT2D eigenvalue weighted by molar-refractivity contribution is 7.07. The fraction of sp³-hybridized carbons (Fsp3) is 0.750. The van der Waals surface area contributed by atoms with Crippen LogP contribution in [-0.2, 0) is 11.3 Å². The van der Waals surface area contributed by atoms with E-state index in [1.165, 1.54) is 12.8 Å². The molecular weight excluding hydrogens is 284 g/mol. The molecular formula is C16H24N2O2S. The average molecular weight is 308 g/mol. The first kappa shape index (κ1) is 14.8. The monoisotopic (exact) mass is 308 g/mol. The van der Waals surface area contributed by atoms with E-state index in [0.717, 1.165) is 23.5 Å². The zero-order valence-corrected chi connectivity index (χ0v) is 14.0. The van der Waals surface area contributed by atoms with Gasteiger partial charge in [-0.25, -0.2) is 0 Å². The Kier molecular flexibility index (Phi) is 3.32. The van der Waals surface area contributed by atoms with Gasteiger partial charge >= 0.3 is 4.87 Å². The molecule has 1 amide bonds. The maximum absolute atomic E-state index is 12.3. The summed E-state index contributed by atoms with van der Waals surface area (Å²) in [7, 11) is 0. The molecule has 1 aromatic rings. The van der Waals surface area contributed by atoms with Gasteiger partial charge in [0.2, 0.25) is 5.91 Å². The van der Waals surface area contributed by atoms with Crippen molar-refractivity contribution < 1.29 is 4.79 Å². The van der Waals surface area contributed by atoms with Crippen LogP contribution >= 0.6 is 11.3 Å². The van der Waals surface area contributed by atoms with Crippen molar-refractivity contribution in [2.24, 2.45) is 16.7 Å². The number of hydrogen-bond acceptors (Lipinski definition) is 3. The third-order valence-electron chi connectivity index (χ3n) is 6.41. The highest BCUT2D eigenvalue weighted by atomic mass is 32.1. The molecule has 0 saturated heterocycles. The van der Waals surface area contributed by atoms with Crippen molar-refractivity contribution >= 4 is 17.2 Å². The predicted molar refractivity (Wildman–Crippen MR) is 84.5 cm³/mol. The lowest BCUT2D eigenvalue weighted by molar-refractivity contribution is -0.123. The molecule has 2 aliphatic rings. The molecule has 2 bridgehead atoms. The first-order valence-electron chi connectivity index (χ1n) is 7.70. The topological polar surface area (TPSA) is 51.1 Å². The number of rotatable bonds is 3. The zero-order chi connectivity index (χ0) is 15.4. The van der Waals surface area contributed by atoms with Gasteiger partial charge in [-0.3, -0.25) is 14.2 Å². The number of thiazole rings is 1.